The van der Waals surface area contributed by atoms with Crippen LogP contribution in [-0.2, 0) is 0 Å². The van der Waals surface area contributed by atoms with Gasteiger partial charge in [-0.05, 0) is 37.8 Å². The number of aromatic nitrogens is 4. The molecule has 1 amide bonds. The monoisotopic (exact) mass is 378 g/mol. The Labute approximate surface area is 161 Å². The number of hydrogen-bond donors (Lipinski definition) is 2. The normalized spacial score (nSPS) is 21.6. The molecule has 1 saturated carbocycles. The average molecular weight is 378 g/mol. The number of carbonyl (C=O) groups excluding carboxylic acids is 1. The van der Waals surface area contributed by atoms with Crippen molar-refractivity contribution in [3.63, 3.8) is 0 Å². The molecule has 1 saturated heterocycles. The van der Waals surface area contributed by atoms with E-state index in [-0.39, 0.29) is 23.4 Å². The van der Waals surface area contributed by atoms with Crippen molar-refractivity contribution in [1.82, 2.24) is 24.7 Å². The molecule has 2 aliphatic rings. The second-order valence-corrected chi connectivity index (χ2v) is 7.64. The summed E-state index contributed by atoms with van der Waals surface area (Å²) in [5.41, 5.74) is 2.15. The highest BCUT2D eigenvalue weighted by atomic mass is 16.1. The summed E-state index contributed by atoms with van der Waals surface area (Å²) in [5.74, 6) is 0.807. The number of carbonyl (C=O) groups is 1. The van der Waals surface area contributed by atoms with Gasteiger partial charge in [-0.3, -0.25) is 14.6 Å². The SMILES string of the molecule is O=C(NC1CC(c2cc(=O)[nH]c(N3CCCC3)n2)C1)c1ccc2nccn2c1. The van der Waals surface area contributed by atoms with Crippen LogP contribution >= 0.6 is 0 Å². The van der Waals surface area contributed by atoms with Crippen molar-refractivity contribution in [2.45, 2.75) is 37.6 Å². The van der Waals surface area contributed by atoms with E-state index >= 15 is 0 Å². The minimum Gasteiger partial charge on any atom is -0.349 e. The zero-order valence-corrected chi connectivity index (χ0v) is 15.5. The molecule has 1 aliphatic heterocycles. The Hall–Kier alpha value is -3.16. The summed E-state index contributed by atoms with van der Waals surface area (Å²) in [5, 5.41) is 3.08. The minimum atomic E-state index is -0.104. The Morgan fingerprint density at radius 3 is 2.86 bits per heavy atom. The topological polar surface area (TPSA) is 95.4 Å². The number of fused-ring (bicyclic) bond motifs is 1. The van der Waals surface area contributed by atoms with Gasteiger partial charge in [0.25, 0.3) is 11.5 Å². The molecule has 0 radical (unpaired) electrons. The van der Waals surface area contributed by atoms with Gasteiger partial charge in [-0.1, -0.05) is 0 Å². The van der Waals surface area contributed by atoms with Gasteiger partial charge in [0.2, 0.25) is 5.95 Å². The van der Waals surface area contributed by atoms with Gasteiger partial charge in [-0.2, -0.15) is 0 Å². The maximum atomic E-state index is 12.5. The van der Waals surface area contributed by atoms with E-state index in [2.05, 4.69) is 25.2 Å². The molecule has 4 heterocycles. The molecule has 3 aromatic heterocycles. The van der Waals surface area contributed by atoms with E-state index in [0.29, 0.717) is 11.5 Å². The molecule has 0 aromatic carbocycles. The van der Waals surface area contributed by atoms with Gasteiger partial charge >= 0.3 is 0 Å². The van der Waals surface area contributed by atoms with Crippen LogP contribution in [0.25, 0.3) is 5.65 Å². The van der Waals surface area contributed by atoms with E-state index in [1.807, 2.05) is 16.7 Å². The molecule has 8 heteroatoms. The molecule has 0 unspecified atom stereocenters. The maximum absolute atomic E-state index is 12.5. The highest BCUT2D eigenvalue weighted by molar-refractivity contribution is 5.94. The van der Waals surface area contributed by atoms with Gasteiger partial charge in [-0.15, -0.1) is 0 Å². The molecule has 5 rings (SSSR count). The van der Waals surface area contributed by atoms with Crippen molar-refractivity contribution < 1.29 is 4.79 Å². The average Bonchev–Trinajstić information content (AvgIpc) is 3.34. The maximum Gasteiger partial charge on any atom is 0.252 e. The molecule has 2 N–H and O–H groups in total. The predicted molar refractivity (Wildman–Crippen MR) is 105 cm³/mol. The summed E-state index contributed by atoms with van der Waals surface area (Å²) in [6, 6.07) is 5.31. The van der Waals surface area contributed by atoms with Gasteiger partial charge in [0.1, 0.15) is 5.65 Å². The molecule has 28 heavy (non-hydrogen) atoms. The lowest BCUT2D eigenvalue weighted by molar-refractivity contribution is 0.0907. The quantitative estimate of drug-likeness (QED) is 0.720. The first-order valence-corrected chi connectivity index (χ1v) is 9.75. The lowest BCUT2D eigenvalue weighted by atomic mass is 9.78. The van der Waals surface area contributed by atoms with Crippen molar-refractivity contribution >= 4 is 17.5 Å². The zero-order chi connectivity index (χ0) is 19.1. The fraction of sp³-hybridized carbons (Fsp3) is 0.400. The van der Waals surface area contributed by atoms with E-state index in [1.54, 1.807) is 24.5 Å². The summed E-state index contributed by atoms with van der Waals surface area (Å²) in [6.45, 7) is 1.88. The van der Waals surface area contributed by atoms with Crippen LogP contribution in [0.15, 0.2) is 41.6 Å². The number of imidazole rings is 1. The fourth-order valence-electron chi connectivity index (χ4n) is 4.05. The number of nitrogens with one attached hydrogen (secondary N) is 2. The minimum absolute atomic E-state index is 0.0873. The smallest absolute Gasteiger partial charge is 0.252 e. The molecule has 1 aliphatic carbocycles. The standard InChI is InChI=1S/C20H22N6O2/c27-18-11-16(23-20(24-18)25-6-1-2-7-25)14-9-15(10-14)22-19(28)13-3-4-17-21-5-8-26(17)12-13/h3-5,8,11-12,14-15H,1-2,6-7,9-10H2,(H,22,28)(H,23,24,27). The van der Waals surface area contributed by atoms with E-state index < -0.39 is 0 Å². The predicted octanol–water partition coefficient (Wildman–Crippen LogP) is 1.69. The Kier molecular flexibility index (Phi) is 4.11. The van der Waals surface area contributed by atoms with Crippen LogP contribution in [0.5, 0.6) is 0 Å². The summed E-state index contributed by atoms with van der Waals surface area (Å²) in [6.07, 6.45) is 9.19. The van der Waals surface area contributed by atoms with E-state index in [0.717, 1.165) is 50.1 Å². The lowest BCUT2D eigenvalue weighted by Gasteiger charge is -2.35. The number of H-pyrrole nitrogens is 1. The third-order valence-corrected chi connectivity index (χ3v) is 5.70. The molecule has 0 spiro atoms. The molecular formula is C20H22N6O2. The van der Waals surface area contributed by atoms with Crippen molar-refractivity contribution in [3.05, 3.63) is 58.4 Å². The first-order valence-electron chi connectivity index (χ1n) is 9.75. The number of amides is 1. The van der Waals surface area contributed by atoms with E-state index in [1.165, 1.54) is 0 Å². The number of aromatic amines is 1. The van der Waals surface area contributed by atoms with Gasteiger partial charge in [0, 0.05) is 49.7 Å². The van der Waals surface area contributed by atoms with Crippen LogP contribution in [0.1, 0.15) is 47.7 Å². The third kappa shape index (κ3) is 3.15. The number of anilines is 1. The first-order chi connectivity index (χ1) is 13.7. The molecule has 144 valence electrons. The van der Waals surface area contributed by atoms with E-state index in [9.17, 15) is 9.59 Å². The Bertz CT molecular complexity index is 1080. The Morgan fingerprint density at radius 1 is 1.21 bits per heavy atom. The number of pyridine rings is 1. The largest absolute Gasteiger partial charge is 0.349 e. The van der Waals surface area contributed by atoms with Crippen LogP contribution in [0.3, 0.4) is 0 Å². The summed E-state index contributed by atoms with van der Waals surface area (Å²) in [4.78, 5) is 38.4. The van der Waals surface area contributed by atoms with E-state index in [4.69, 9.17) is 0 Å². The highest BCUT2D eigenvalue weighted by Gasteiger charge is 2.33. The first kappa shape index (κ1) is 17.0. The third-order valence-electron chi connectivity index (χ3n) is 5.70. The number of hydrogen-bond acceptors (Lipinski definition) is 5. The van der Waals surface area contributed by atoms with Gasteiger partial charge in [-0.25, -0.2) is 9.97 Å². The highest BCUT2D eigenvalue weighted by Crippen LogP contribution is 2.36. The fourth-order valence-corrected chi connectivity index (χ4v) is 4.05. The molecule has 0 atom stereocenters. The van der Waals surface area contributed by atoms with Crippen molar-refractivity contribution in [3.8, 4) is 0 Å². The molecular weight excluding hydrogens is 356 g/mol. The Balaban J connectivity index is 1.23. The second-order valence-electron chi connectivity index (χ2n) is 7.64. The second kappa shape index (κ2) is 6.78. The van der Waals surface area contributed by atoms with Crippen LogP contribution < -0.4 is 15.8 Å². The van der Waals surface area contributed by atoms with Gasteiger partial charge in [0.05, 0.1) is 11.3 Å². The van der Waals surface area contributed by atoms with Gasteiger partial charge in [0.15, 0.2) is 0 Å². The van der Waals surface area contributed by atoms with Crippen molar-refractivity contribution in [2.75, 3.05) is 18.0 Å². The summed E-state index contributed by atoms with van der Waals surface area (Å²) >= 11 is 0. The lowest BCUT2D eigenvalue weighted by Crippen LogP contribution is -2.44. The van der Waals surface area contributed by atoms with Crippen LogP contribution in [0.4, 0.5) is 5.95 Å². The summed E-state index contributed by atoms with van der Waals surface area (Å²) in [7, 11) is 0. The Morgan fingerprint density at radius 2 is 2.04 bits per heavy atom. The van der Waals surface area contributed by atoms with Crippen LogP contribution in [-0.4, -0.2) is 44.4 Å². The molecule has 3 aromatic rings. The number of rotatable bonds is 4. The van der Waals surface area contributed by atoms with Gasteiger partial charge < -0.3 is 14.6 Å². The van der Waals surface area contributed by atoms with Crippen LogP contribution in [0.2, 0.25) is 0 Å². The van der Waals surface area contributed by atoms with Crippen LogP contribution in [0, 0.1) is 0 Å². The van der Waals surface area contributed by atoms with Crippen molar-refractivity contribution in [1.29, 1.82) is 0 Å². The summed E-state index contributed by atoms with van der Waals surface area (Å²) < 4.78 is 1.83. The zero-order valence-electron chi connectivity index (χ0n) is 15.5. The molecule has 2 fully saturated rings. The molecule has 8 nitrogen and oxygen atoms in total. The number of nitrogens with zero attached hydrogens (tertiary/aromatic N) is 4. The van der Waals surface area contributed by atoms with Crippen molar-refractivity contribution in [2.24, 2.45) is 0 Å². The molecule has 0 bridgehead atoms.